The Balaban J connectivity index is 1.34. The van der Waals surface area contributed by atoms with Crippen molar-refractivity contribution in [2.24, 2.45) is 23.7 Å². The van der Waals surface area contributed by atoms with Gasteiger partial charge in [-0.3, -0.25) is 14.4 Å². The molecule has 4 rings (SSSR count). The van der Waals surface area contributed by atoms with Gasteiger partial charge in [-0.25, -0.2) is 0 Å². The molecule has 3 aliphatic rings. The highest BCUT2D eigenvalue weighted by Gasteiger charge is 2.64. The second-order valence-electron chi connectivity index (χ2n) is 6.59. The Hall–Kier alpha value is -2.08. The van der Waals surface area contributed by atoms with E-state index in [-0.39, 0.29) is 30.5 Å². The number of benzene rings is 1. The number of carbonyl (C=O) groups is 3. The zero-order valence-corrected chi connectivity index (χ0v) is 13.5. The number of hydrogen-bond donors (Lipinski definition) is 1. The fourth-order valence-electron chi connectivity index (χ4n) is 4.32. The van der Waals surface area contributed by atoms with Crippen LogP contribution in [0.5, 0.6) is 0 Å². The van der Waals surface area contributed by atoms with Crippen molar-refractivity contribution in [1.29, 1.82) is 0 Å². The molecule has 2 saturated carbocycles. The number of halogens is 1. The SMILES string of the molecule is O=C(COC(=O)[C@@H]1[C@@H]2C[C@@H]3[C@@H]1C(=O)O[C@@H]3C2)Nc1cccc(Cl)c1. The minimum atomic E-state index is -0.481. The summed E-state index contributed by atoms with van der Waals surface area (Å²) < 4.78 is 10.4. The third kappa shape index (κ3) is 2.55. The first-order valence-electron chi connectivity index (χ1n) is 7.95. The van der Waals surface area contributed by atoms with Gasteiger partial charge in [-0.2, -0.15) is 0 Å². The average molecular weight is 350 g/mol. The second kappa shape index (κ2) is 5.77. The van der Waals surface area contributed by atoms with Crippen LogP contribution in [0.3, 0.4) is 0 Å². The third-order valence-electron chi connectivity index (χ3n) is 5.21. The van der Waals surface area contributed by atoms with Crippen LogP contribution < -0.4 is 5.32 Å². The number of nitrogens with one attached hydrogen (secondary N) is 1. The molecule has 0 radical (unpaired) electrons. The molecule has 1 aliphatic heterocycles. The maximum absolute atomic E-state index is 12.3. The minimum absolute atomic E-state index is 0.0253. The van der Waals surface area contributed by atoms with Crippen LogP contribution >= 0.6 is 11.6 Å². The van der Waals surface area contributed by atoms with Crippen molar-refractivity contribution >= 4 is 35.1 Å². The Bertz CT molecular complexity index is 719. The van der Waals surface area contributed by atoms with E-state index in [4.69, 9.17) is 21.1 Å². The molecule has 0 spiro atoms. The summed E-state index contributed by atoms with van der Waals surface area (Å²) in [6, 6.07) is 6.70. The van der Waals surface area contributed by atoms with Gasteiger partial charge in [-0.15, -0.1) is 0 Å². The van der Waals surface area contributed by atoms with E-state index in [1.54, 1.807) is 24.3 Å². The first-order valence-corrected chi connectivity index (χ1v) is 8.33. The molecule has 1 heterocycles. The monoisotopic (exact) mass is 349 g/mol. The van der Waals surface area contributed by atoms with Crippen LogP contribution in [0.4, 0.5) is 5.69 Å². The molecule has 1 amide bonds. The van der Waals surface area contributed by atoms with Gasteiger partial charge in [-0.1, -0.05) is 17.7 Å². The molecule has 1 N–H and O–H groups in total. The zero-order chi connectivity index (χ0) is 16.8. The lowest BCUT2D eigenvalue weighted by Gasteiger charge is -2.22. The van der Waals surface area contributed by atoms with Gasteiger partial charge in [0, 0.05) is 16.6 Å². The number of carbonyl (C=O) groups excluding carboxylic acids is 3. The summed E-state index contributed by atoms with van der Waals surface area (Å²) in [4.78, 5) is 36.1. The highest BCUT2D eigenvalue weighted by Crippen LogP contribution is 2.57. The van der Waals surface area contributed by atoms with E-state index >= 15 is 0 Å². The van der Waals surface area contributed by atoms with Crippen LogP contribution in [0, 0.1) is 23.7 Å². The second-order valence-corrected chi connectivity index (χ2v) is 7.02. The Labute approximate surface area is 143 Å². The lowest BCUT2D eigenvalue weighted by molar-refractivity contribution is -0.157. The summed E-state index contributed by atoms with van der Waals surface area (Å²) >= 11 is 5.85. The van der Waals surface area contributed by atoms with Crippen LogP contribution in [0.2, 0.25) is 5.02 Å². The summed E-state index contributed by atoms with van der Waals surface area (Å²) in [5.74, 6) is -1.82. The van der Waals surface area contributed by atoms with Gasteiger partial charge in [0.2, 0.25) is 0 Å². The molecule has 2 bridgehead atoms. The normalized spacial score (nSPS) is 32.5. The Morgan fingerprint density at radius 3 is 2.96 bits per heavy atom. The molecule has 1 saturated heterocycles. The summed E-state index contributed by atoms with van der Waals surface area (Å²) in [5.41, 5.74) is 0.533. The molecule has 0 aromatic heterocycles. The van der Waals surface area contributed by atoms with Crippen molar-refractivity contribution in [3.8, 4) is 0 Å². The van der Waals surface area contributed by atoms with Gasteiger partial charge >= 0.3 is 11.9 Å². The van der Waals surface area contributed by atoms with E-state index in [1.807, 2.05) is 0 Å². The van der Waals surface area contributed by atoms with Crippen molar-refractivity contribution in [3.63, 3.8) is 0 Å². The van der Waals surface area contributed by atoms with E-state index in [9.17, 15) is 14.4 Å². The Morgan fingerprint density at radius 1 is 1.33 bits per heavy atom. The molecular formula is C17H16ClNO5. The first-order chi connectivity index (χ1) is 11.5. The van der Waals surface area contributed by atoms with Crippen molar-refractivity contribution in [2.45, 2.75) is 18.9 Å². The zero-order valence-electron chi connectivity index (χ0n) is 12.7. The molecule has 5 atom stereocenters. The largest absolute Gasteiger partial charge is 0.462 e. The van der Waals surface area contributed by atoms with Gasteiger partial charge in [0.15, 0.2) is 6.61 Å². The first kappa shape index (κ1) is 15.4. The fraction of sp³-hybridized carbons (Fsp3) is 0.471. The smallest absolute Gasteiger partial charge is 0.310 e. The molecule has 6 nitrogen and oxygen atoms in total. The van der Waals surface area contributed by atoms with E-state index < -0.39 is 23.7 Å². The maximum Gasteiger partial charge on any atom is 0.310 e. The van der Waals surface area contributed by atoms with Crippen molar-refractivity contribution < 1.29 is 23.9 Å². The molecular weight excluding hydrogens is 334 g/mol. The summed E-state index contributed by atoms with van der Waals surface area (Å²) in [5, 5.41) is 3.11. The third-order valence-corrected chi connectivity index (χ3v) is 5.44. The van der Waals surface area contributed by atoms with Gasteiger partial charge in [0.1, 0.15) is 6.10 Å². The molecule has 24 heavy (non-hydrogen) atoms. The number of rotatable bonds is 4. The molecule has 2 aliphatic carbocycles. The predicted molar refractivity (Wildman–Crippen MR) is 84.1 cm³/mol. The van der Waals surface area contributed by atoms with Crippen LogP contribution in [-0.2, 0) is 23.9 Å². The molecule has 0 unspecified atom stereocenters. The van der Waals surface area contributed by atoms with Crippen molar-refractivity contribution in [1.82, 2.24) is 0 Å². The predicted octanol–water partition coefficient (Wildman–Crippen LogP) is 2.02. The van der Waals surface area contributed by atoms with E-state index in [2.05, 4.69) is 5.32 Å². The molecule has 126 valence electrons. The topological polar surface area (TPSA) is 81.7 Å². The quantitative estimate of drug-likeness (QED) is 0.841. The lowest BCUT2D eigenvalue weighted by Crippen LogP contribution is -2.34. The minimum Gasteiger partial charge on any atom is -0.462 e. The van der Waals surface area contributed by atoms with E-state index in [0.717, 1.165) is 12.8 Å². The summed E-state index contributed by atoms with van der Waals surface area (Å²) in [6.45, 7) is -0.384. The summed E-state index contributed by atoms with van der Waals surface area (Å²) in [6.07, 6.45) is 1.53. The average Bonchev–Trinajstić information content (AvgIpc) is 3.14. The number of amides is 1. The van der Waals surface area contributed by atoms with E-state index in [0.29, 0.717) is 10.7 Å². The van der Waals surface area contributed by atoms with Crippen molar-refractivity contribution in [2.75, 3.05) is 11.9 Å². The summed E-state index contributed by atoms with van der Waals surface area (Å²) in [7, 11) is 0. The van der Waals surface area contributed by atoms with Crippen LogP contribution in [0.25, 0.3) is 0 Å². The van der Waals surface area contributed by atoms with Gasteiger partial charge in [0.05, 0.1) is 11.8 Å². The van der Waals surface area contributed by atoms with Crippen molar-refractivity contribution in [3.05, 3.63) is 29.3 Å². The van der Waals surface area contributed by atoms with E-state index in [1.165, 1.54) is 0 Å². The lowest BCUT2D eigenvalue weighted by atomic mass is 9.80. The number of esters is 2. The fourth-order valence-corrected chi connectivity index (χ4v) is 4.51. The molecule has 1 aromatic rings. The van der Waals surface area contributed by atoms with Gasteiger partial charge in [-0.05, 0) is 37.0 Å². The van der Waals surface area contributed by atoms with Gasteiger partial charge < -0.3 is 14.8 Å². The van der Waals surface area contributed by atoms with Crippen LogP contribution in [-0.4, -0.2) is 30.6 Å². The Kier molecular flexibility index (Phi) is 3.72. The number of fused-ring (bicyclic) bond motifs is 1. The highest BCUT2D eigenvalue weighted by atomic mass is 35.5. The standard InChI is InChI=1S/C17H16ClNO5/c18-9-2-1-3-10(6-9)19-13(20)7-23-16(21)14-8-4-11-12(5-8)24-17(22)15(11)14/h1-3,6,8,11-12,14-15H,4-5,7H2,(H,19,20)/t8-,11+,12-,14-,15+/m1/s1. The Morgan fingerprint density at radius 2 is 2.17 bits per heavy atom. The maximum atomic E-state index is 12.3. The molecule has 7 heteroatoms. The van der Waals surface area contributed by atoms with Crippen LogP contribution in [0.15, 0.2) is 24.3 Å². The highest BCUT2D eigenvalue weighted by molar-refractivity contribution is 6.30. The number of ether oxygens (including phenoxy) is 2. The van der Waals surface area contributed by atoms with Gasteiger partial charge in [0.25, 0.3) is 5.91 Å². The number of hydrogen-bond acceptors (Lipinski definition) is 5. The molecule has 1 aromatic carbocycles. The molecule has 3 fully saturated rings. The van der Waals surface area contributed by atoms with Crippen LogP contribution in [0.1, 0.15) is 12.8 Å². The number of anilines is 1.